The summed E-state index contributed by atoms with van der Waals surface area (Å²) < 4.78 is 8.45. The summed E-state index contributed by atoms with van der Waals surface area (Å²) in [7, 11) is 2.16. The molecule has 24 heavy (non-hydrogen) atoms. The molecule has 1 aromatic heterocycles. The first-order chi connectivity index (χ1) is 11.8. The van der Waals surface area contributed by atoms with Crippen LogP contribution in [-0.4, -0.2) is 65.5 Å². The molecule has 2 aromatic rings. The molecule has 6 rings (SSSR count). The van der Waals surface area contributed by atoms with Gasteiger partial charge in [-0.1, -0.05) is 0 Å². The van der Waals surface area contributed by atoms with E-state index < -0.39 is 0 Å². The number of piperidine rings is 3. The second-order valence-electron chi connectivity index (χ2n) is 7.81. The lowest BCUT2D eigenvalue weighted by atomic mass is 9.84. The van der Waals surface area contributed by atoms with E-state index in [-0.39, 0.29) is 0 Å². The molecule has 0 amide bonds. The van der Waals surface area contributed by atoms with E-state index in [1.54, 1.807) is 0 Å². The fourth-order valence-corrected chi connectivity index (χ4v) is 4.76. The molecule has 0 N–H and O–H groups in total. The molecular formula is C19H26N4O. The van der Waals surface area contributed by atoms with Crippen molar-refractivity contribution in [1.29, 1.82) is 0 Å². The molecule has 5 heterocycles. The number of likely N-dealkylation sites (N-methyl/N-ethyl adjacent to an activating group) is 1. The zero-order valence-electron chi connectivity index (χ0n) is 14.4. The van der Waals surface area contributed by atoms with Gasteiger partial charge in [0.2, 0.25) is 0 Å². The van der Waals surface area contributed by atoms with E-state index in [1.165, 1.54) is 36.8 Å². The number of nitrogens with zero attached hydrogens (tertiary/aromatic N) is 4. The van der Waals surface area contributed by atoms with Crippen LogP contribution in [0.15, 0.2) is 24.4 Å². The molecular weight excluding hydrogens is 300 g/mol. The maximum Gasteiger partial charge on any atom is 0.120 e. The quantitative estimate of drug-likeness (QED) is 0.867. The van der Waals surface area contributed by atoms with Crippen molar-refractivity contribution in [1.82, 2.24) is 19.6 Å². The van der Waals surface area contributed by atoms with Crippen LogP contribution < -0.4 is 4.74 Å². The lowest BCUT2D eigenvalue weighted by molar-refractivity contribution is 0.0534. The number of benzene rings is 1. The molecule has 4 saturated heterocycles. The van der Waals surface area contributed by atoms with Crippen LogP contribution in [0.3, 0.4) is 0 Å². The van der Waals surface area contributed by atoms with Crippen molar-refractivity contribution in [2.24, 2.45) is 5.92 Å². The molecule has 4 fully saturated rings. The summed E-state index contributed by atoms with van der Waals surface area (Å²) in [5.74, 6) is 1.78. The fraction of sp³-hybridized carbons (Fsp3) is 0.632. The molecule has 2 bridgehead atoms. The van der Waals surface area contributed by atoms with Crippen molar-refractivity contribution < 1.29 is 4.74 Å². The normalized spacial score (nSPS) is 33.4. The second kappa shape index (κ2) is 5.74. The number of fused-ring (bicyclic) bond motifs is 4. The highest BCUT2D eigenvalue weighted by atomic mass is 16.5. The molecule has 1 aromatic carbocycles. The fourth-order valence-electron chi connectivity index (χ4n) is 4.76. The predicted octanol–water partition coefficient (Wildman–Crippen LogP) is 2.39. The van der Waals surface area contributed by atoms with Crippen molar-refractivity contribution in [3.63, 3.8) is 0 Å². The largest absolute Gasteiger partial charge is 0.489 e. The summed E-state index contributed by atoms with van der Waals surface area (Å²) in [6.45, 7) is 5.86. The topological polar surface area (TPSA) is 33.5 Å². The first kappa shape index (κ1) is 14.7. The van der Waals surface area contributed by atoms with Crippen molar-refractivity contribution in [2.45, 2.75) is 31.4 Å². The van der Waals surface area contributed by atoms with Crippen LogP contribution in [0.2, 0.25) is 0 Å². The standard InChI is InChI=1S/C19H26N4O/c1-21-7-6-17(12-21)24-16-2-3-18-15(10-16)11-20-23(18)19-13-22-8-4-14(19)5-9-22/h2-3,10-11,14,17,19H,4-9,12-13H2,1H3/t17?,19-/m1/s1. The first-order valence-corrected chi connectivity index (χ1v) is 9.31. The maximum atomic E-state index is 6.17. The Morgan fingerprint density at radius 2 is 1.96 bits per heavy atom. The Balaban J connectivity index is 1.39. The number of hydrogen-bond acceptors (Lipinski definition) is 4. The van der Waals surface area contributed by atoms with Gasteiger partial charge in [-0.2, -0.15) is 5.10 Å². The van der Waals surface area contributed by atoms with Gasteiger partial charge in [-0.05, 0) is 63.5 Å². The summed E-state index contributed by atoms with van der Waals surface area (Å²) in [4.78, 5) is 4.92. The van der Waals surface area contributed by atoms with Gasteiger partial charge in [-0.3, -0.25) is 4.68 Å². The Bertz CT molecular complexity index is 734. The van der Waals surface area contributed by atoms with Crippen LogP contribution >= 0.6 is 0 Å². The average Bonchev–Trinajstić information content (AvgIpc) is 3.21. The Morgan fingerprint density at radius 1 is 1.08 bits per heavy atom. The average molecular weight is 326 g/mol. The third-order valence-electron chi connectivity index (χ3n) is 6.15. The minimum atomic E-state index is 0.323. The van der Waals surface area contributed by atoms with E-state index in [0.29, 0.717) is 12.1 Å². The van der Waals surface area contributed by atoms with E-state index in [4.69, 9.17) is 9.84 Å². The molecule has 0 aliphatic carbocycles. The van der Waals surface area contributed by atoms with Crippen molar-refractivity contribution in [3.05, 3.63) is 24.4 Å². The molecule has 0 spiro atoms. The minimum absolute atomic E-state index is 0.323. The summed E-state index contributed by atoms with van der Waals surface area (Å²) in [5.41, 5.74) is 1.25. The number of likely N-dealkylation sites (tertiary alicyclic amines) is 1. The van der Waals surface area contributed by atoms with Gasteiger partial charge in [0, 0.05) is 25.0 Å². The van der Waals surface area contributed by atoms with Crippen LogP contribution in [0, 0.1) is 5.92 Å². The van der Waals surface area contributed by atoms with Crippen molar-refractivity contribution in [3.8, 4) is 5.75 Å². The highest BCUT2D eigenvalue weighted by molar-refractivity contribution is 5.80. The zero-order chi connectivity index (χ0) is 16.1. The van der Waals surface area contributed by atoms with Gasteiger partial charge in [0.25, 0.3) is 0 Å². The Kier molecular flexibility index (Phi) is 3.52. The molecule has 0 radical (unpaired) electrons. The summed E-state index contributed by atoms with van der Waals surface area (Å²) in [6.07, 6.45) is 6.10. The van der Waals surface area contributed by atoms with Gasteiger partial charge in [0.05, 0.1) is 17.8 Å². The van der Waals surface area contributed by atoms with Crippen LogP contribution in [0.5, 0.6) is 5.75 Å². The van der Waals surface area contributed by atoms with Crippen LogP contribution in [0.1, 0.15) is 25.3 Å². The number of ether oxygens (including phenoxy) is 1. The van der Waals surface area contributed by atoms with Gasteiger partial charge < -0.3 is 14.5 Å². The summed E-state index contributed by atoms with van der Waals surface area (Å²) in [5, 5.41) is 5.95. The number of aromatic nitrogens is 2. The van der Waals surface area contributed by atoms with Crippen LogP contribution in [-0.2, 0) is 0 Å². The van der Waals surface area contributed by atoms with E-state index in [9.17, 15) is 0 Å². The molecule has 2 atom stereocenters. The van der Waals surface area contributed by atoms with E-state index >= 15 is 0 Å². The van der Waals surface area contributed by atoms with Gasteiger partial charge in [-0.25, -0.2) is 0 Å². The summed E-state index contributed by atoms with van der Waals surface area (Å²) in [6, 6.07) is 7.03. The second-order valence-corrected chi connectivity index (χ2v) is 7.81. The molecule has 1 unspecified atom stereocenters. The Morgan fingerprint density at radius 3 is 2.67 bits per heavy atom. The van der Waals surface area contributed by atoms with Crippen molar-refractivity contribution >= 4 is 10.9 Å². The highest BCUT2D eigenvalue weighted by Crippen LogP contribution is 2.37. The van der Waals surface area contributed by atoms with Gasteiger partial charge in [0.1, 0.15) is 11.9 Å². The zero-order valence-corrected chi connectivity index (χ0v) is 14.4. The maximum absolute atomic E-state index is 6.17. The molecule has 128 valence electrons. The highest BCUT2D eigenvalue weighted by Gasteiger charge is 2.36. The molecule has 4 aliphatic heterocycles. The SMILES string of the molecule is CN1CCC(Oc2ccc3c(cnn3[C@@H]3CN4CCC3CC4)c2)C1. The van der Waals surface area contributed by atoms with Crippen molar-refractivity contribution in [2.75, 3.05) is 39.8 Å². The molecule has 0 saturated carbocycles. The van der Waals surface area contributed by atoms with E-state index in [0.717, 1.165) is 37.7 Å². The number of rotatable bonds is 3. The minimum Gasteiger partial charge on any atom is -0.489 e. The smallest absolute Gasteiger partial charge is 0.120 e. The third-order valence-corrected chi connectivity index (χ3v) is 6.15. The first-order valence-electron chi connectivity index (χ1n) is 9.31. The van der Waals surface area contributed by atoms with Gasteiger partial charge in [0.15, 0.2) is 0 Å². The van der Waals surface area contributed by atoms with Gasteiger partial charge >= 0.3 is 0 Å². The lowest BCUT2D eigenvalue weighted by Crippen LogP contribution is -2.48. The Hall–Kier alpha value is -1.59. The monoisotopic (exact) mass is 326 g/mol. The van der Waals surface area contributed by atoms with E-state index in [1.807, 2.05) is 6.20 Å². The molecule has 5 heteroatoms. The van der Waals surface area contributed by atoms with Crippen LogP contribution in [0.25, 0.3) is 10.9 Å². The van der Waals surface area contributed by atoms with Gasteiger partial charge in [-0.15, -0.1) is 0 Å². The number of hydrogen-bond donors (Lipinski definition) is 0. The van der Waals surface area contributed by atoms with E-state index in [2.05, 4.69) is 39.7 Å². The summed E-state index contributed by atoms with van der Waals surface area (Å²) >= 11 is 0. The predicted molar refractivity (Wildman–Crippen MR) is 94.5 cm³/mol. The lowest BCUT2D eigenvalue weighted by Gasteiger charge is -2.44. The molecule has 4 aliphatic rings. The van der Waals surface area contributed by atoms with Crippen LogP contribution in [0.4, 0.5) is 0 Å². The Labute approximate surface area is 143 Å². The molecule has 5 nitrogen and oxygen atoms in total. The third kappa shape index (κ3) is 2.50.